The molecule has 642 valence electrons. The van der Waals surface area contributed by atoms with Gasteiger partial charge in [-0.3, -0.25) is 29.0 Å². The number of aryl methyl sites for hydroxylation is 1. The number of hydrogen-bond donors (Lipinski definition) is 1. The van der Waals surface area contributed by atoms with Crippen molar-refractivity contribution in [2.24, 2.45) is 15.6 Å². The summed E-state index contributed by atoms with van der Waals surface area (Å²) in [5.41, 5.74) is 19.3. The predicted molar refractivity (Wildman–Crippen MR) is 532 cm³/mol. The maximum Gasteiger partial charge on any atom is 0.294 e. The molecule has 0 atom stereocenters. The van der Waals surface area contributed by atoms with Crippen LogP contribution in [0.2, 0.25) is 0 Å². The summed E-state index contributed by atoms with van der Waals surface area (Å²) >= 11 is 13.7. The number of anilines is 5. The van der Waals surface area contributed by atoms with Crippen molar-refractivity contribution in [1.82, 2.24) is 19.9 Å². The standard InChI is InChI=1S/C28H31N2S2.C22H21N3O4S2.C19H18N2.C17H16N2S.C14H17N3OS2.HI/c1-5-29-22-11-7-9-13-24(22)31-26(29)16-20-15-21(19-28(3,4)18-20)17-27-30(6-2)23-12-8-10-14-25(23)32-27;1-4-24-18-7-5-6-8-19(18)30-20(24)13-14(2)21-15(3)23-25(22(21)26)16-9-11-17(12-10-16)31(27,28)29;1-21(2)17-11-8-15(9-12-17)7-10-16-13-14-20-19-6-4-3-5-18(16)19;1-19(2)14-10-7-13(8-11-14)9-12-17-18-15-5-3-4-6-16(15)20-17;1-4-16-13(18)12(20-14(16)19)9-8-11-7-6-10(3)15-17(11)5-2;/h7-17H,5-6,18-19H2,1-4H3;5-13H,4H2,1-3H3,(H,27,28,29);3-14H,1-2H3;3-12H,1-2H3;6-9H,4-5H2,1-3H3;1H/q+1;;;;;/p-1/b;20-13-,21-14-;10-7+;12-9+;11-8+,12-9+;. The number of fused-ring (bicyclic) bond motifs is 5. The van der Waals surface area contributed by atoms with E-state index >= 15 is 0 Å². The van der Waals surface area contributed by atoms with Gasteiger partial charge in [0.15, 0.2) is 0 Å². The first kappa shape index (κ1) is 93.6. The molecule has 1 saturated heterocycles. The van der Waals surface area contributed by atoms with E-state index in [4.69, 9.17) is 16.8 Å². The number of likely N-dealkylation sites (N-methyl/N-ethyl adjacent to an activating group) is 2. The molecular weight excluding hydrogens is 1800 g/mol. The Labute approximate surface area is 778 Å². The van der Waals surface area contributed by atoms with Gasteiger partial charge >= 0.3 is 0 Å². The normalized spacial score (nSPS) is 17.3. The van der Waals surface area contributed by atoms with Crippen LogP contribution in [0.1, 0.15) is 109 Å². The van der Waals surface area contributed by atoms with Crippen LogP contribution in [0.15, 0.2) is 317 Å². The summed E-state index contributed by atoms with van der Waals surface area (Å²) in [7, 11) is 3.90. The van der Waals surface area contributed by atoms with Crippen molar-refractivity contribution in [2.75, 3.05) is 79.0 Å². The van der Waals surface area contributed by atoms with Crippen molar-refractivity contribution in [2.45, 2.75) is 103 Å². The van der Waals surface area contributed by atoms with E-state index in [1.54, 1.807) is 34.9 Å². The minimum Gasteiger partial charge on any atom is -1.00 e. The Morgan fingerprint density at radius 1 is 0.600 bits per heavy atom. The molecule has 0 spiro atoms. The van der Waals surface area contributed by atoms with Crippen LogP contribution >= 0.6 is 70.2 Å². The van der Waals surface area contributed by atoms with Gasteiger partial charge in [0.1, 0.15) is 20.6 Å². The summed E-state index contributed by atoms with van der Waals surface area (Å²) in [6.07, 6.45) is 29.6. The molecule has 1 fully saturated rings. The second-order valence-electron chi connectivity index (χ2n) is 30.9. The summed E-state index contributed by atoms with van der Waals surface area (Å²) in [5.74, 6) is -0.295. The lowest BCUT2D eigenvalue weighted by Gasteiger charge is -2.31. The van der Waals surface area contributed by atoms with Crippen LogP contribution in [0.25, 0.3) is 61.7 Å². The van der Waals surface area contributed by atoms with E-state index in [9.17, 15) is 18.0 Å². The van der Waals surface area contributed by atoms with Gasteiger partial charge in [-0.25, -0.2) is 4.98 Å². The summed E-state index contributed by atoms with van der Waals surface area (Å²) in [5, 5.41) is 17.9. The number of thioether (sulfide) groups is 3. The lowest BCUT2D eigenvalue weighted by Crippen LogP contribution is -3.00. The van der Waals surface area contributed by atoms with Gasteiger partial charge in [0, 0.05) is 99.3 Å². The largest absolute Gasteiger partial charge is 1.00 e. The maximum absolute atomic E-state index is 13.1. The first-order valence-electron chi connectivity index (χ1n) is 41.3. The molecule has 1 N–H and O–H groups in total. The number of nitrogens with zero attached hydrogens (tertiary/aromatic N) is 12. The molecule has 3 aromatic heterocycles. The van der Waals surface area contributed by atoms with Gasteiger partial charge < -0.3 is 43.6 Å². The van der Waals surface area contributed by atoms with Gasteiger partial charge in [0.2, 0.25) is 5.52 Å². The zero-order valence-corrected chi connectivity index (χ0v) is 80.6. The van der Waals surface area contributed by atoms with Crippen LogP contribution in [0.3, 0.4) is 0 Å². The van der Waals surface area contributed by atoms with E-state index in [2.05, 4.69) is 249 Å². The zero-order chi connectivity index (χ0) is 87.9. The smallest absolute Gasteiger partial charge is 0.294 e. The highest BCUT2D eigenvalue weighted by atomic mass is 127. The molecule has 0 bridgehead atoms. The number of halogens is 1. The van der Waals surface area contributed by atoms with Crippen LogP contribution in [-0.4, -0.2) is 115 Å². The molecule has 0 saturated carbocycles. The molecule has 6 aliphatic rings. The number of para-hydroxylation sites is 5. The fraction of sp³-hybridized carbons (Fsp3) is 0.220. The number of allylic oxidation sites excluding steroid dienone is 10. The van der Waals surface area contributed by atoms with Crippen molar-refractivity contribution in [3.63, 3.8) is 0 Å². The Hall–Kier alpha value is -10.6. The molecule has 11 aromatic rings. The highest BCUT2D eigenvalue weighted by Gasteiger charge is 2.34. The fourth-order valence-corrected chi connectivity index (χ4v) is 21.2. The van der Waals surface area contributed by atoms with Crippen LogP contribution in [0, 0.1) is 5.41 Å². The van der Waals surface area contributed by atoms with E-state index < -0.39 is 10.1 Å². The minimum atomic E-state index is -4.30. The van der Waals surface area contributed by atoms with Gasteiger partial charge in [-0.15, -0.1) is 11.3 Å². The van der Waals surface area contributed by atoms with Gasteiger partial charge in [-0.1, -0.05) is 188 Å². The third-order valence-electron chi connectivity index (χ3n) is 21.0. The topological polar surface area (TPSA) is 166 Å². The number of hydrazone groups is 2. The Balaban J connectivity index is 0.000000144. The predicted octanol–water partition coefficient (Wildman–Crippen LogP) is 21.2. The Kier molecular flexibility index (Phi) is 31.9. The van der Waals surface area contributed by atoms with Crippen molar-refractivity contribution in [1.29, 1.82) is 0 Å². The van der Waals surface area contributed by atoms with Crippen LogP contribution in [-0.2, 0) is 26.3 Å². The number of aromatic nitrogens is 3. The third kappa shape index (κ3) is 23.2. The van der Waals surface area contributed by atoms with Crippen LogP contribution < -0.4 is 53.2 Å². The van der Waals surface area contributed by atoms with Gasteiger partial charge in [-0.2, -0.15) is 28.2 Å². The monoisotopic (exact) mass is 1900 g/mol. The molecule has 17 rings (SSSR count). The number of rotatable bonds is 17. The maximum atomic E-state index is 13.1. The molecule has 125 heavy (non-hydrogen) atoms. The number of thiazole rings is 2. The number of benzene rings is 8. The van der Waals surface area contributed by atoms with E-state index in [1.807, 2.05) is 169 Å². The quantitative estimate of drug-likeness (QED) is 0.0300. The Morgan fingerprint density at radius 3 is 1.79 bits per heavy atom. The number of carbonyl (C=O) groups excluding carboxylic acids is 2. The van der Waals surface area contributed by atoms with Crippen molar-refractivity contribution >= 4 is 198 Å². The Bertz CT molecular complexity index is 6310. The molecule has 17 nitrogen and oxygen atoms in total. The van der Waals surface area contributed by atoms with Crippen molar-refractivity contribution < 1.29 is 51.1 Å². The SMILES string of the molecule is CCN1/C(=C/C(C)=C2\C(=O)N(c3ccc(S(=O)(=O)O)cc3)N=C2C)Sc2ccccc21.CCN1/C(=C/C2=CC(=C/c3sc4ccccc4[n+]3CC)/CC(C)(C)C2)Sc2ccccc21.CCN1C(=O)/C(=C\C=C2/C=CC(C)=NN2CC)SC1=S.CN(C)c1ccc(/C=C/c2ccnc3ccccc23)cc1.CN(C)c1ccc(/C=C/c2nc3ccccc3s2)cc1.[I-]. The summed E-state index contributed by atoms with van der Waals surface area (Å²) in [4.78, 5) is 47.6. The first-order valence-corrected chi connectivity index (χ1v) is 47.2. The van der Waals surface area contributed by atoms with Crippen LogP contribution in [0.5, 0.6) is 0 Å². The Morgan fingerprint density at radius 2 is 1.18 bits per heavy atom. The summed E-state index contributed by atoms with van der Waals surface area (Å²) < 4.78 is 37.3. The molecule has 1 aliphatic carbocycles. The molecular formula is C100H103IN12O5S7. The van der Waals surface area contributed by atoms with Crippen molar-refractivity contribution in [3.05, 3.63) is 319 Å². The van der Waals surface area contributed by atoms with Gasteiger partial charge in [-0.05, 0) is 253 Å². The number of pyridine rings is 1. The molecule has 0 unspecified atom stereocenters. The van der Waals surface area contributed by atoms with Gasteiger partial charge in [0.25, 0.3) is 26.9 Å². The minimum absolute atomic E-state index is 0. The second kappa shape index (κ2) is 42.6. The van der Waals surface area contributed by atoms with E-state index in [-0.39, 0.29) is 46.1 Å². The van der Waals surface area contributed by atoms with Crippen molar-refractivity contribution in [3.8, 4) is 0 Å². The number of carbonyl (C=O) groups is 2. The molecule has 8 aromatic carbocycles. The first-order chi connectivity index (χ1) is 59.7. The molecule has 0 radical (unpaired) electrons. The summed E-state index contributed by atoms with van der Waals surface area (Å²) in [6.45, 7) is 25.2. The highest BCUT2D eigenvalue weighted by molar-refractivity contribution is 8.26. The molecule has 5 aliphatic heterocycles. The average molecular weight is 1900 g/mol. The van der Waals surface area contributed by atoms with Crippen LogP contribution in [0.4, 0.5) is 28.4 Å². The average Bonchev–Trinajstić information content (AvgIpc) is 1.63. The lowest BCUT2D eigenvalue weighted by molar-refractivity contribution is -0.665. The van der Waals surface area contributed by atoms with E-state index in [1.165, 1.54) is 126 Å². The zero-order valence-electron chi connectivity index (χ0n) is 72.7. The fourth-order valence-electron chi connectivity index (χ4n) is 14.9. The number of thiocarbonyl (C=S) groups is 1. The molecule has 8 heterocycles. The second-order valence-corrected chi connectivity index (χ2v) is 38.3. The molecule has 2 amide bonds. The number of amides is 2. The lowest BCUT2D eigenvalue weighted by atomic mass is 9.75. The van der Waals surface area contributed by atoms with Gasteiger partial charge in [0.05, 0.1) is 75.3 Å². The summed E-state index contributed by atoms with van der Waals surface area (Å²) in [6, 6.07) is 66.6. The van der Waals surface area contributed by atoms with E-state index in [0.29, 0.717) is 32.7 Å². The third-order valence-corrected chi connectivity index (χ3v) is 27.6. The molecule has 25 heteroatoms. The highest BCUT2D eigenvalue weighted by Crippen LogP contribution is 2.49. The number of hydrogen-bond acceptors (Lipinski definition) is 19. The van der Waals surface area contributed by atoms with E-state index in [0.717, 1.165) is 82.8 Å².